The number of hydrogen-bond acceptors (Lipinski definition) is 7. The summed E-state index contributed by atoms with van der Waals surface area (Å²) in [5.41, 5.74) is 5.55. The molecule has 31 heavy (non-hydrogen) atoms. The van der Waals surface area contributed by atoms with Gasteiger partial charge in [0.15, 0.2) is 11.8 Å². The summed E-state index contributed by atoms with van der Waals surface area (Å²) >= 11 is 0. The first-order valence-electron chi connectivity index (χ1n) is 10.0. The van der Waals surface area contributed by atoms with Crippen molar-refractivity contribution in [1.82, 2.24) is 15.1 Å². The summed E-state index contributed by atoms with van der Waals surface area (Å²) in [6.45, 7) is 2.57. The first kappa shape index (κ1) is 22.3. The second-order valence-electron chi connectivity index (χ2n) is 7.70. The normalized spacial score (nSPS) is 17.9. The van der Waals surface area contributed by atoms with Gasteiger partial charge in [-0.1, -0.05) is 6.07 Å². The number of anilines is 1. The largest absolute Gasteiger partial charge is 0.444 e. The van der Waals surface area contributed by atoms with Crippen molar-refractivity contribution in [1.29, 1.82) is 10.7 Å². The number of alkyl carbamates (subject to hydrolysis) is 1. The number of carbonyl (C=O) groups is 2. The second kappa shape index (κ2) is 9.61. The molecule has 3 rings (SSSR count). The fourth-order valence-electron chi connectivity index (χ4n) is 4.00. The molecule has 0 spiro atoms. The Balaban J connectivity index is 1.69. The van der Waals surface area contributed by atoms with E-state index in [2.05, 4.69) is 0 Å². The number of nitrogens with one attached hydrogen (secondary N) is 2. The highest BCUT2D eigenvalue weighted by Crippen LogP contribution is 2.31. The Morgan fingerprint density at radius 3 is 2.68 bits per heavy atom. The van der Waals surface area contributed by atoms with Crippen LogP contribution in [0.5, 0.6) is 0 Å². The number of nitriles is 1. The number of amides is 2. The summed E-state index contributed by atoms with van der Waals surface area (Å²) in [6, 6.07) is 5.02. The van der Waals surface area contributed by atoms with E-state index in [1.807, 2.05) is 33.1 Å². The number of likely N-dealkylation sites (N-methyl/N-ethyl adjacent to an activating group) is 1. The van der Waals surface area contributed by atoms with Crippen LogP contribution < -0.4 is 16.0 Å². The maximum atomic E-state index is 15.2. The van der Waals surface area contributed by atoms with Gasteiger partial charge in [-0.3, -0.25) is 20.4 Å². The lowest BCUT2D eigenvalue weighted by atomic mass is 9.99. The van der Waals surface area contributed by atoms with Crippen LogP contribution in [0.4, 0.5) is 14.9 Å². The monoisotopic (exact) mass is 431 g/mol. The molecule has 166 valence electrons. The van der Waals surface area contributed by atoms with E-state index in [0.29, 0.717) is 39.0 Å². The molecule has 10 nitrogen and oxygen atoms in total. The fraction of sp³-hybridized carbons (Fsp3) is 0.500. The Kier molecular flexibility index (Phi) is 6.91. The number of nitrogens with two attached hydrogens (primary N) is 1. The van der Waals surface area contributed by atoms with Crippen LogP contribution in [0.3, 0.4) is 0 Å². The van der Waals surface area contributed by atoms with E-state index in [1.54, 1.807) is 0 Å². The molecule has 1 aromatic carbocycles. The van der Waals surface area contributed by atoms with Crippen LogP contribution in [0.15, 0.2) is 12.1 Å². The fourth-order valence-corrected chi connectivity index (χ4v) is 4.00. The summed E-state index contributed by atoms with van der Waals surface area (Å²) in [6.07, 6.45) is 0.402. The minimum atomic E-state index is -0.963. The van der Waals surface area contributed by atoms with Crippen molar-refractivity contribution in [3.63, 3.8) is 0 Å². The van der Waals surface area contributed by atoms with Crippen molar-refractivity contribution in [2.24, 2.45) is 5.73 Å². The minimum Gasteiger partial charge on any atom is -0.444 e. The molecular formula is C20H26FN7O3. The van der Waals surface area contributed by atoms with Crippen LogP contribution in [0.25, 0.3) is 0 Å². The first-order valence-corrected chi connectivity index (χ1v) is 10.0. The van der Waals surface area contributed by atoms with Crippen LogP contribution in [0.1, 0.15) is 24.0 Å². The Bertz CT molecular complexity index is 909. The van der Waals surface area contributed by atoms with Crippen LogP contribution >= 0.6 is 0 Å². The summed E-state index contributed by atoms with van der Waals surface area (Å²) < 4.78 is 20.1. The SMILES string of the molecule is CN1CCN(C2CCN(c3c(C#N)ccc(COC(=O)NC(=N)N)c3F)CC2)C(=O)C1. The average Bonchev–Trinajstić information content (AvgIpc) is 2.72. The third-order valence-electron chi connectivity index (χ3n) is 5.58. The van der Waals surface area contributed by atoms with E-state index >= 15 is 4.39 Å². The maximum Gasteiger partial charge on any atom is 0.414 e. The number of hydrogen-bond donors (Lipinski definition) is 3. The van der Waals surface area contributed by atoms with Gasteiger partial charge in [-0.05, 0) is 26.0 Å². The van der Waals surface area contributed by atoms with E-state index in [9.17, 15) is 14.9 Å². The molecule has 4 N–H and O–H groups in total. The van der Waals surface area contributed by atoms with Gasteiger partial charge in [0.25, 0.3) is 0 Å². The van der Waals surface area contributed by atoms with Crippen molar-refractivity contribution in [2.45, 2.75) is 25.5 Å². The predicted octanol–water partition coefficient (Wildman–Crippen LogP) is 0.560. The summed E-state index contributed by atoms with van der Waals surface area (Å²) in [4.78, 5) is 29.6. The molecule has 0 bridgehead atoms. The molecule has 2 aliphatic rings. The number of piperidine rings is 1. The molecule has 11 heteroatoms. The Hall–Kier alpha value is -3.39. The Morgan fingerprint density at radius 1 is 1.35 bits per heavy atom. The molecule has 1 aromatic rings. The lowest BCUT2D eigenvalue weighted by molar-refractivity contribution is -0.138. The zero-order valence-electron chi connectivity index (χ0n) is 17.4. The van der Waals surface area contributed by atoms with Crippen molar-refractivity contribution < 1.29 is 18.7 Å². The highest BCUT2D eigenvalue weighted by atomic mass is 19.1. The van der Waals surface area contributed by atoms with E-state index in [-0.39, 0.29) is 35.4 Å². The Labute approximate surface area is 179 Å². The van der Waals surface area contributed by atoms with Gasteiger partial charge in [-0.15, -0.1) is 0 Å². The molecule has 0 saturated carbocycles. The van der Waals surface area contributed by atoms with Gasteiger partial charge >= 0.3 is 6.09 Å². The zero-order chi connectivity index (χ0) is 22.5. The highest BCUT2D eigenvalue weighted by Gasteiger charge is 2.32. The van der Waals surface area contributed by atoms with E-state index in [4.69, 9.17) is 15.9 Å². The maximum absolute atomic E-state index is 15.2. The van der Waals surface area contributed by atoms with E-state index in [1.165, 1.54) is 12.1 Å². The third-order valence-corrected chi connectivity index (χ3v) is 5.58. The number of piperazine rings is 1. The third kappa shape index (κ3) is 5.21. The van der Waals surface area contributed by atoms with Gasteiger partial charge in [0.05, 0.1) is 17.8 Å². The van der Waals surface area contributed by atoms with Gasteiger partial charge in [-0.2, -0.15) is 5.26 Å². The molecule has 2 saturated heterocycles. The molecular weight excluding hydrogens is 405 g/mol. The smallest absolute Gasteiger partial charge is 0.414 e. The standard InChI is InChI=1S/C20H26FN7O3/c1-26-8-9-28(16(29)11-26)15-4-6-27(7-5-15)18-13(10-22)2-3-14(17(18)21)12-31-20(30)25-19(23)24/h2-3,15H,4-9,11-12H2,1H3,(H4,23,24,25,30). The highest BCUT2D eigenvalue weighted by molar-refractivity contribution is 5.90. The Morgan fingerprint density at radius 2 is 2.06 bits per heavy atom. The molecule has 0 radical (unpaired) electrons. The van der Waals surface area contributed by atoms with Gasteiger partial charge in [0.1, 0.15) is 12.7 Å². The van der Waals surface area contributed by atoms with E-state index in [0.717, 1.165) is 6.54 Å². The number of halogens is 1. The van der Waals surface area contributed by atoms with Crippen LogP contribution in [-0.4, -0.2) is 73.6 Å². The van der Waals surface area contributed by atoms with Crippen LogP contribution in [-0.2, 0) is 16.1 Å². The summed E-state index contributed by atoms with van der Waals surface area (Å²) in [5, 5.41) is 18.4. The number of nitrogens with zero attached hydrogens (tertiary/aromatic N) is 4. The minimum absolute atomic E-state index is 0.104. The first-order chi connectivity index (χ1) is 14.8. The van der Waals surface area contributed by atoms with Crippen LogP contribution in [0, 0.1) is 22.6 Å². The number of ether oxygens (including phenoxy) is 1. The van der Waals surface area contributed by atoms with Gasteiger partial charge in [0, 0.05) is 37.8 Å². The summed E-state index contributed by atoms with van der Waals surface area (Å²) in [7, 11) is 1.92. The predicted molar refractivity (Wildman–Crippen MR) is 111 cm³/mol. The molecule has 2 amide bonds. The number of rotatable bonds is 4. The number of carbonyl (C=O) groups excluding carboxylic acids is 2. The molecule has 0 atom stereocenters. The zero-order valence-corrected chi connectivity index (χ0v) is 17.4. The van der Waals surface area contributed by atoms with Gasteiger partial charge < -0.3 is 20.3 Å². The average molecular weight is 431 g/mol. The molecule has 2 fully saturated rings. The van der Waals surface area contributed by atoms with Crippen molar-refractivity contribution in [2.75, 3.05) is 44.7 Å². The summed E-state index contributed by atoms with van der Waals surface area (Å²) in [5.74, 6) is -1.09. The second-order valence-corrected chi connectivity index (χ2v) is 7.70. The number of guanidine groups is 1. The van der Waals surface area contributed by atoms with Gasteiger partial charge in [0.2, 0.25) is 5.91 Å². The number of benzene rings is 1. The quantitative estimate of drug-likeness (QED) is 0.468. The molecule has 2 aliphatic heterocycles. The topological polar surface area (TPSA) is 139 Å². The lowest BCUT2D eigenvalue weighted by Crippen LogP contribution is -2.55. The van der Waals surface area contributed by atoms with Crippen molar-refractivity contribution in [3.05, 3.63) is 29.1 Å². The van der Waals surface area contributed by atoms with Gasteiger partial charge in [-0.25, -0.2) is 9.18 Å². The lowest BCUT2D eigenvalue weighted by Gasteiger charge is -2.42. The molecule has 0 unspecified atom stereocenters. The van der Waals surface area contributed by atoms with Crippen molar-refractivity contribution in [3.8, 4) is 6.07 Å². The molecule has 0 aliphatic carbocycles. The molecule has 0 aromatic heterocycles. The van der Waals surface area contributed by atoms with E-state index < -0.39 is 17.9 Å². The van der Waals surface area contributed by atoms with Crippen LogP contribution in [0.2, 0.25) is 0 Å². The molecule has 2 heterocycles. The van der Waals surface area contributed by atoms with Crippen molar-refractivity contribution >= 4 is 23.6 Å².